The molecule has 0 fully saturated rings. The molecule has 0 radical (unpaired) electrons. The SMILES string of the molecule is COC(=O)CC(=O)c1c(C)[nH]c2c(Cl)cccc12. The third-order valence-electron chi connectivity index (χ3n) is 2.78. The van der Waals surface area contributed by atoms with Gasteiger partial charge in [-0.15, -0.1) is 0 Å². The van der Waals surface area contributed by atoms with Crippen LogP contribution in [0.25, 0.3) is 10.9 Å². The summed E-state index contributed by atoms with van der Waals surface area (Å²) in [7, 11) is 1.26. The number of H-pyrrole nitrogens is 1. The van der Waals surface area contributed by atoms with Gasteiger partial charge in [-0.1, -0.05) is 23.7 Å². The van der Waals surface area contributed by atoms with Crippen molar-refractivity contribution in [3.8, 4) is 0 Å². The van der Waals surface area contributed by atoms with E-state index in [0.29, 0.717) is 21.8 Å². The van der Waals surface area contributed by atoms with Gasteiger partial charge in [0.1, 0.15) is 6.42 Å². The van der Waals surface area contributed by atoms with Crippen molar-refractivity contribution in [3.05, 3.63) is 34.5 Å². The fraction of sp³-hybridized carbons (Fsp3) is 0.231. The van der Waals surface area contributed by atoms with Crippen molar-refractivity contribution < 1.29 is 14.3 Å². The topological polar surface area (TPSA) is 59.2 Å². The number of carbonyl (C=O) groups is 2. The minimum Gasteiger partial charge on any atom is -0.469 e. The minimum atomic E-state index is -0.546. The molecule has 0 spiro atoms. The number of hydrogen-bond donors (Lipinski definition) is 1. The molecule has 2 rings (SSSR count). The largest absolute Gasteiger partial charge is 0.469 e. The molecule has 0 aliphatic carbocycles. The van der Waals surface area contributed by atoms with Gasteiger partial charge in [-0.25, -0.2) is 0 Å². The number of hydrogen-bond acceptors (Lipinski definition) is 3. The number of esters is 1. The number of ether oxygens (including phenoxy) is 1. The Hall–Kier alpha value is -1.81. The van der Waals surface area contributed by atoms with Crippen molar-refractivity contribution in [2.75, 3.05) is 7.11 Å². The van der Waals surface area contributed by atoms with Crippen LogP contribution in [0.2, 0.25) is 5.02 Å². The van der Waals surface area contributed by atoms with Crippen LogP contribution in [0.1, 0.15) is 22.5 Å². The van der Waals surface area contributed by atoms with Crippen LogP contribution in [0.5, 0.6) is 0 Å². The van der Waals surface area contributed by atoms with E-state index in [1.165, 1.54) is 7.11 Å². The Morgan fingerprint density at radius 2 is 2.11 bits per heavy atom. The molecular weight excluding hydrogens is 254 g/mol. The van der Waals surface area contributed by atoms with Gasteiger partial charge in [-0.3, -0.25) is 9.59 Å². The third kappa shape index (κ3) is 2.11. The summed E-state index contributed by atoms with van der Waals surface area (Å²) in [5, 5.41) is 1.28. The van der Waals surface area contributed by atoms with E-state index < -0.39 is 5.97 Å². The second-order valence-electron chi connectivity index (χ2n) is 3.96. The van der Waals surface area contributed by atoms with Gasteiger partial charge in [-0.2, -0.15) is 0 Å². The first-order valence-electron chi connectivity index (χ1n) is 5.41. The van der Waals surface area contributed by atoms with E-state index in [0.717, 1.165) is 5.39 Å². The number of fused-ring (bicyclic) bond motifs is 1. The zero-order chi connectivity index (χ0) is 13.3. The monoisotopic (exact) mass is 265 g/mol. The highest BCUT2D eigenvalue weighted by atomic mass is 35.5. The number of ketones is 1. The van der Waals surface area contributed by atoms with Crippen LogP contribution in [0.4, 0.5) is 0 Å². The Balaban J connectivity index is 2.51. The van der Waals surface area contributed by atoms with Gasteiger partial charge in [0.25, 0.3) is 0 Å². The second-order valence-corrected chi connectivity index (χ2v) is 4.37. The molecule has 0 saturated heterocycles. The van der Waals surface area contributed by atoms with E-state index in [1.54, 1.807) is 25.1 Å². The Bertz CT molecular complexity index is 630. The molecule has 1 heterocycles. The second kappa shape index (κ2) is 4.82. The highest BCUT2D eigenvalue weighted by Gasteiger charge is 2.19. The average Bonchev–Trinajstić information content (AvgIpc) is 2.67. The summed E-state index contributed by atoms with van der Waals surface area (Å²) in [6, 6.07) is 5.32. The number of rotatable bonds is 3. The number of aryl methyl sites for hydroxylation is 1. The van der Waals surface area contributed by atoms with E-state index in [9.17, 15) is 9.59 Å². The average molecular weight is 266 g/mol. The van der Waals surface area contributed by atoms with Crippen molar-refractivity contribution in [2.45, 2.75) is 13.3 Å². The first-order valence-corrected chi connectivity index (χ1v) is 5.79. The molecule has 0 unspecified atom stereocenters. The number of carbonyl (C=O) groups excluding carboxylic acids is 2. The number of aromatic amines is 1. The third-order valence-corrected chi connectivity index (χ3v) is 3.10. The van der Waals surface area contributed by atoms with Crippen LogP contribution < -0.4 is 0 Å². The number of aromatic nitrogens is 1. The summed E-state index contributed by atoms with van der Waals surface area (Å²) in [5.41, 5.74) is 1.91. The van der Waals surface area contributed by atoms with E-state index in [-0.39, 0.29) is 12.2 Å². The number of para-hydroxylation sites is 1. The van der Waals surface area contributed by atoms with Crippen molar-refractivity contribution >= 4 is 34.3 Å². The maximum absolute atomic E-state index is 12.1. The molecule has 0 saturated carbocycles. The highest BCUT2D eigenvalue weighted by molar-refractivity contribution is 6.35. The molecule has 0 bridgehead atoms. The molecule has 2 aromatic rings. The Labute approximate surface area is 109 Å². The quantitative estimate of drug-likeness (QED) is 0.527. The number of nitrogens with one attached hydrogen (secondary N) is 1. The summed E-state index contributed by atoms with van der Waals surface area (Å²) >= 11 is 6.05. The Morgan fingerprint density at radius 3 is 2.78 bits per heavy atom. The predicted molar refractivity (Wildman–Crippen MR) is 69.0 cm³/mol. The number of benzene rings is 1. The van der Waals surface area contributed by atoms with Crippen molar-refractivity contribution in [1.29, 1.82) is 0 Å². The van der Waals surface area contributed by atoms with Gasteiger partial charge in [-0.05, 0) is 13.0 Å². The molecule has 0 amide bonds. The lowest BCUT2D eigenvalue weighted by atomic mass is 10.0. The molecule has 0 aliphatic rings. The molecule has 4 nitrogen and oxygen atoms in total. The molecule has 94 valence electrons. The first-order chi connectivity index (χ1) is 8.54. The van der Waals surface area contributed by atoms with E-state index in [1.807, 2.05) is 0 Å². The Morgan fingerprint density at radius 1 is 1.39 bits per heavy atom. The van der Waals surface area contributed by atoms with Gasteiger partial charge < -0.3 is 9.72 Å². The van der Waals surface area contributed by atoms with E-state index in [4.69, 9.17) is 11.6 Å². The van der Waals surface area contributed by atoms with Crippen LogP contribution >= 0.6 is 11.6 Å². The fourth-order valence-corrected chi connectivity index (χ4v) is 2.18. The van der Waals surface area contributed by atoms with Crippen LogP contribution in [0.3, 0.4) is 0 Å². The molecule has 5 heteroatoms. The molecule has 1 N–H and O–H groups in total. The zero-order valence-electron chi connectivity index (χ0n) is 10.0. The minimum absolute atomic E-state index is 0.267. The van der Waals surface area contributed by atoms with Crippen LogP contribution in [0, 0.1) is 6.92 Å². The van der Waals surface area contributed by atoms with Gasteiger partial charge >= 0.3 is 5.97 Å². The van der Waals surface area contributed by atoms with Gasteiger partial charge in [0.15, 0.2) is 5.78 Å². The van der Waals surface area contributed by atoms with E-state index in [2.05, 4.69) is 9.72 Å². The lowest BCUT2D eigenvalue weighted by Crippen LogP contribution is -2.10. The summed E-state index contributed by atoms with van der Waals surface area (Å²) in [5.74, 6) is -0.816. The maximum atomic E-state index is 12.1. The van der Waals surface area contributed by atoms with E-state index >= 15 is 0 Å². The van der Waals surface area contributed by atoms with Crippen molar-refractivity contribution in [2.24, 2.45) is 0 Å². The zero-order valence-corrected chi connectivity index (χ0v) is 10.8. The molecule has 18 heavy (non-hydrogen) atoms. The van der Waals surface area contributed by atoms with Gasteiger partial charge in [0, 0.05) is 16.6 Å². The van der Waals surface area contributed by atoms with Gasteiger partial charge in [0.05, 0.1) is 17.6 Å². The van der Waals surface area contributed by atoms with Crippen LogP contribution in [-0.4, -0.2) is 23.8 Å². The summed E-state index contributed by atoms with van der Waals surface area (Å²) in [4.78, 5) is 26.3. The lowest BCUT2D eigenvalue weighted by Gasteiger charge is -2.00. The molecule has 1 aromatic heterocycles. The smallest absolute Gasteiger partial charge is 0.313 e. The van der Waals surface area contributed by atoms with Crippen LogP contribution in [-0.2, 0) is 9.53 Å². The van der Waals surface area contributed by atoms with Gasteiger partial charge in [0.2, 0.25) is 0 Å². The number of halogens is 1. The molecule has 1 aromatic carbocycles. The first kappa shape index (κ1) is 12.6. The Kier molecular flexibility index (Phi) is 3.39. The molecule has 0 aliphatic heterocycles. The molecule has 0 atom stereocenters. The maximum Gasteiger partial charge on any atom is 0.313 e. The fourth-order valence-electron chi connectivity index (χ4n) is 1.96. The summed E-state index contributed by atoms with van der Waals surface area (Å²) in [6.07, 6.45) is -0.267. The summed E-state index contributed by atoms with van der Waals surface area (Å²) in [6.45, 7) is 1.78. The lowest BCUT2D eigenvalue weighted by molar-refractivity contribution is -0.139. The summed E-state index contributed by atoms with van der Waals surface area (Å²) < 4.78 is 4.50. The standard InChI is InChI=1S/C13H12ClNO3/c1-7-12(10(16)6-11(17)18-2)8-4-3-5-9(14)13(8)15-7/h3-5,15H,6H2,1-2H3. The predicted octanol–water partition coefficient (Wildman–Crippen LogP) is 2.88. The number of Topliss-reactive ketones (excluding diaryl/α,β-unsaturated/α-hetero) is 1. The number of methoxy groups -OCH3 is 1. The highest BCUT2D eigenvalue weighted by Crippen LogP contribution is 2.28. The molecular formula is C13H12ClNO3. The van der Waals surface area contributed by atoms with Crippen LogP contribution in [0.15, 0.2) is 18.2 Å². The van der Waals surface area contributed by atoms with Crippen molar-refractivity contribution in [3.63, 3.8) is 0 Å². The normalized spacial score (nSPS) is 10.6. The van der Waals surface area contributed by atoms with Crippen molar-refractivity contribution in [1.82, 2.24) is 4.98 Å².